The number of anilines is 1. The molecule has 0 N–H and O–H groups in total. The van der Waals surface area contributed by atoms with Crippen LogP contribution in [0.15, 0.2) is 54.0 Å². The molecule has 1 saturated heterocycles. The van der Waals surface area contributed by atoms with Crippen molar-refractivity contribution in [2.75, 3.05) is 24.5 Å². The van der Waals surface area contributed by atoms with Gasteiger partial charge < -0.3 is 9.80 Å². The molecule has 0 saturated carbocycles. The zero-order chi connectivity index (χ0) is 30.3. The van der Waals surface area contributed by atoms with Crippen LogP contribution in [0.3, 0.4) is 0 Å². The molecule has 10 heteroatoms. The monoisotopic (exact) mass is 565 g/mol. The van der Waals surface area contributed by atoms with Gasteiger partial charge in [0.15, 0.2) is 5.65 Å². The second-order valence-corrected chi connectivity index (χ2v) is 11.0. The number of aromatic nitrogens is 4. The molecule has 9 nitrogen and oxygen atoms in total. The Morgan fingerprint density at radius 1 is 1.19 bits per heavy atom. The van der Waals surface area contributed by atoms with Crippen LogP contribution in [0.2, 0.25) is 0 Å². The lowest BCUT2D eigenvalue weighted by atomic mass is 10.0. The van der Waals surface area contributed by atoms with Crippen molar-refractivity contribution in [2.45, 2.75) is 46.6 Å². The van der Waals surface area contributed by atoms with Crippen LogP contribution in [0.4, 0.5) is 10.2 Å². The Balaban J connectivity index is 1.86. The predicted molar refractivity (Wildman–Crippen MR) is 160 cm³/mol. The Kier molecular flexibility index (Phi) is 7.61. The summed E-state index contributed by atoms with van der Waals surface area (Å²) in [6, 6.07) is 10.1. The van der Waals surface area contributed by atoms with Gasteiger partial charge in [0.25, 0.3) is 0 Å². The van der Waals surface area contributed by atoms with E-state index in [1.807, 2.05) is 45.6 Å². The average Bonchev–Trinajstić information content (AvgIpc) is 2.97. The minimum Gasteiger partial charge on any atom is -0.350 e. The van der Waals surface area contributed by atoms with E-state index in [9.17, 15) is 14.9 Å². The first-order valence-corrected chi connectivity index (χ1v) is 13.8. The number of nitrogens with zero attached hydrogens (tertiary/aromatic N) is 7. The number of carbonyl (C=O) groups excluding carboxylic acids is 1. The lowest BCUT2D eigenvalue weighted by Crippen LogP contribution is -2.54. The van der Waals surface area contributed by atoms with E-state index in [1.165, 1.54) is 16.7 Å². The van der Waals surface area contributed by atoms with E-state index in [4.69, 9.17) is 4.98 Å². The smallest absolute Gasteiger partial charge is 0.350 e. The molecule has 0 unspecified atom stereocenters. The number of halogens is 1. The summed E-state index contributed by atoms with van der Waals surface area (Å²) in [5.74, 6) is -0.355. The van der Waals surface area contributed by atoms with E-state index >= 15 is 4.39 Å². The third kappa shape index (κ3) is 4.91. The normalized spacial score (nSPS) is 15.2. The molecule has 4 aromatic rings. The first-order valence-electron chi connectivity index (χ1n) is 13.8. The summed E-state index contributed by atoms with van der Waals surface area (Å²) in [6.07, 6.45) is 2.98. The van der Waals surface area contributed by atoms with Crippen LogP contribution in [0, 0.1) is 31.0 Å². The Hall–Kier alpha value is -4.91. The molecule has 5 rings (SSSR count). The molecule has 1 fully saturated rings. The topological polar surface area (TPSA) is 108 Å². The molecule has 4 heterocycles. The van der Waals surface area contributed by atoms with Crippen LogP contribution >= 0.6 is 0 Å². The quantitative estimate of drug-likeness (QED) is 0.319. The van der Waals surface area contributed by atoms with Gasteiger partial charge in [0.05, 0.1) is 28.0 Å². The van der Waals surface area contributed by atoms with Gasteiger partial charge in [-0.25, -0.2) is 18.7 Å². The number of nitriles is 1. The molecular formula is C32H32FN7O2. The van der Waals surface area contributed by atoms with Gasteiger partial charge in [0.2, 0.25) is 5.91 Å². The summed E-state index contributed by atoms with van der Waals surface area (Å²) >= 11 is 0. The maximum absolute atomic E-state index is 15.2. The Morgan fingerprint density at radius 2 is 1.95 bits per heavy atom. The molecule has 42 heavy (non-hydrogen) atoms. The Bertz CT molecular complexity index is 1840. The zero-order valence-corrected chi connectivity index (χ0v) is 24.3. The van der Waals surface area contributed by atoms with E-state index in [2.05, 4.69) is 22.6 Å². The summed E-state index contributed by atoms with van der Waals surface area (Å²) in [7, 11) is 0. The molecule has 0 bridgehead atoms. The van der Waals surface area contributed by atoms with Crippen LogP contribution in [-0.2, 0) is 4.79 Å². The number of benzene rings is 1. The fraction of sp³-hybridized carbons (Fsp3) is 0.312. The van der Waals surface area contributed by atoms with Crippen LogP contribution in [-0.4, -0.2) is 56.0 Å². The van der Waals surface area contributed by atoms with Crippen molar-refractivity contribution < 1.29 is 9.18 Å². The average molecular weight is 566 g/mol. The van der Waals surface area contributed by atoms with E-state index in [0.717, 1.165) is 11.1 Å². The van der Waals surface area contributed by atoms with Gasteiger partial charge in [0.1, 0.15) is 17.7 Å². The molecule has 1 aliphatic heterocycles. The fourth-order valence-corrected chi connectivity index (χ4v) is 5.55. The van der Waals surface area contributed by atoms with Crippen LogP contribution in [0.1, 0.15) is 49.1 Å². The first kappa shape index (κ1) is 28.6. The van der Waals surface area contributed by atoms with Crippen molar-refractivity contribution in [2.24, 2.45) is 0 Å². The summed E-state index contributed by atoms with van der Waals surface area (Å²) in [5, 5.41) is 10.7. The summed E-state index contributed by atoms with van der Waals surface area (Å²) in [6.45, 7) is 14.4. The molecule has 214 valence electrons. The van der Waals surface area contributed by atoms with Gasteiger partial charge >= 0.3 is 5.69 Å². The molecule has 0 radical (unpaired) electrons. The SMILES string of the molecule is C=CC(=O)N1CCN(c2nc(=O)n(-c3c(C)ccnc3C(C)C)c3nc(-c4cc(C)ccc4F)c(C#N)cc23)[C@@H](C)C1. The van der Waals surface area contributed by atoms with E-state index in [0.29, 0.717) is 42.2 Å². The van der Waals surface area contributed by atoms with Crippen LogP contribution in [0.5, 0.6) is 0 Å². The Morgan fingerprint density at radius 3 is 2.62 bits per heavy atom. The summed E-state index contributed by atoms with van der Waals surface area (Å²) in [4.78, 5) is 43.9. The predicted octanol–water partition coefficient (Wildman–Crippen LogP) is 4.82. The molecule has 3 aromatic heterocycles. The number of hydrogen-bond donors (Lipinski definition) is 0. The van der Waals surface area contributed by atoms with Crippen LogP contribution in [0.25, 0.3) is 28.0 Å². The maximum Gasteiger partial charge on any atom is 0.355 e. The van der Waals surface area contributed by atoms with Gasteiger partial charge in [0, 0.05) is 37.4 Å². The van der Waals surface area contributed by atoms with Crippen molar-refractivity contribution in [1.82, 2.24) is 24.4 Å². The van der Waals surface area contributed by atoms with Crippen molar-refractivity contribution in [3.63, 3.8) is 0 Å². The van der Waals surface area contributed by atoms with Crippen molar-refractivity contribution in [3.05, 3.63) is 87.9 Å². The number of pyridine rings is 2. The second kappa shape index (κ2) is 11.2. The summed E-state index contributed by atoms with van der Waals surface area (Å²) < 4.78 is 16.6. The number of fused-ring (bicyclic) bond motifs is 1. The highest BCUT2D eigenvalue weighted by molar-refractivity contribution is 5.93. The highest BCUT2D eigenvalue weighted by Crippen LogP contribution is 2.34. The van der Waals surface area contributed by atoms with Crippen molar-refractivity contribution >= 4 is 22.8 Å². The minimum absolute atomic E-state index is 0.0240. The third-order valence-electron chi connectivity index (χ3n) is 7.66. The second-order valence-electron chi connectivity index (χ2n) is 11.0. The maximum atomic E-state index is 15.2. The summed E-state index contributed by atoms with van der Waals surface area (Å²) in [5.41, 5.74) is 2.98. The molecule has 1 aliphatic rings. The molecule has 1 aromatic carbocycles. The number of piperazine rings is 1. The molecule has 0 spiro atoms. The van der Waals surface area contributed by atoms with E-state index < -0.39 is 11.5 Å². The number of rotatable bonds is 5. The van der Waals surface area contributed by atoms with E-state index in [1.54, 1.807) is 29.3 Å². The zero-order valence-electron chi connectivity index (χ0n) is 24.3. The Labute approximate surface area is 243 Å². The number of aryl methyl sites for hydroxylation is 2. The van der Waals surface area contributed by atoms with Gasteiger partial charge in [-0.1, -0.05) is 32.1 Å². The fourth-order valence-electron chi connectivity index (χ4n) is 5.55. The molecular weight excluding hydrogens is 533 g/mol. The lowest BCUT2D eigenvalue weighted by Gasteiger charge is -2.40. The molecule has 0 aliphatic carbocycles. The number of carbonyl (C=O) groups is 1. The highest BCUT2D eigenvalue weighted by atomic mass is 19.1. The lowest BCUT2D eigenvalue weighted by molar-refractivity contribution is -0.126. The number of amides is 1. The molecule has 1 atom stereocenters. The minimum atomic E-state index is -0.569. The number of hydrogen-bond acceptors (Lipinski definition) is 7. The standard InChI is InChI=1S/C32H32FN7O2/c1-7-26(41)38-12-13-39(21(6)17-38)30-24-15-22(16-34)28(23-14-19(4)8-9-25(23)33)36-31(24)40(32(42)37-30)29-20(5)10-11-35-27(29)18(2)3/h7-11,14-15,18,21H,1,12-13,17H2,2-6H3/t21-/m0/s1. The first-order chi connectivity index (χ1) is 20.0. The van der Waals surface area contributed by atoms with Gasteiger partial charge in [-0.15, -0.1) is 0 Å². The van der Waals surface area contributed by atoms with Gasteiger partial charge in [-0.2, -0.15) is 10.2 Å². The largest absolute Gasteiger partial charge is 0.355 e. The highest BCUT2D eigenvalue weighted by Gasteiger charge is 2.30. The third-order valence-corrected chi connectivity index (χ3v) is 7.66. The van der Waals surface area contributed by atoms with Gasteiger partial charge in [-0.05, 0) is 62.6 Å². The van der Waals surface area contributed by atoms with Gasteiger partial charge in [-0.3, -0.25) is 9.78 Å². The van der Waals surface area contributed by atoms with Crippen LogP contribution < -0.4 is 10.6 Å². The van der Waals surface area contributed by atoms with E-state index in [-0.39, 0.29) is 40.3 Å². The van der Waals surface area contributed by atoms with Crippen molar-refractivity contribution in [3.8, 4) is 23.0 Å². The van der Waals surface area contributed by atoms with Crippen molar-refractivity contribution in [1.29, 1.82) is 5.26 Å². The molecule has 1 amide bonds.